The number of halogens is 1. The lowest BCUT2D eigenvalue weighted by atomic mass is 10.1. The second kappa shape index (κ2) is 8.88. The van der Waals surface area contributed by atoms with Crippen molar-refractivity contribution < 1.29 is 19.1 Å². The van der Waals surface area contributed by atoms with Crippen molar-refractivity contribution in [2.24, 2.45) is 5.92 Å². The Balaban J connectivity index is 1.53. The Labute approximate surface area is 171 Å². The van der Waals surface area contributed by atoms with Gasteiger partial charge >= 0.3 is 0 Å². The quantitative estimate of drug-likeness (QED) is 0.714. The fourth-order valence-electron chi connectivity index (χ4n) is 2.94. The highest BCUT2D eigenvalue weighted by molar-refractivity contribution is 9.10. The summed E-state index contributed by atoms with van der Waals surface area (Å²) < 4.78 is 6.43. The third-order valence-corrected chi connectivity index (χ3v) is 4.92. The lowest BCUT2D eigenvalue weighted by molar-refractivity contribution is -0.125. The molecule has 1 atom stereocenters. The summed E-state index contributed by atoms with van der Waals surface area (Å²) in [6.07, 6.45) is 0.203. The maximum Gasteiger partial charge on any atom is 0.262 e. The summed E-state index contributed by atoms with van der Waals surface area (Å²) >= 11 is 3.34. The molecule has 146 valence electrons. The number of nitrogens with one attached hydrogen (secondary N) is 2. The molecule has 0 spiro atoms. The Morgan fingerprint density at radius 2 is 1.82 bits per heavy atom. The van der Waals surface area contributed by atoms with Crippen molar-refractivity contribution in [2.45, 2.75) is 6.42 Å². The normalized spacial score (nSPS) is 16.0. The van der Waals surface area contributed by atoms with E-state index in [1.54, 1.807) is 48.3 Å². The molecule has 2 aromatic rings. The Hall–Kier alpha value is -2.87. The first-order valence-electron chi connectivity index (χ1n) is 8.76. The number of rotatable bonds is 6. The van der Waals surface area contributed by atoms with Crippen LogP contribution in [0, 0.1) is 5.92 Å². The molecule has 8 heteroatoms. The van der Waals surface area contributed by atoms with Crippen molar-refractivity contribution in [3.8, 4) is 5.75 Å². The molecule has 1 saturated heterocycles. The van der Waals surface area contributed by atoms with Gasteiger partial charge in [0.1, 0.15) is 5.75 Å². The standard InChI is InChI=1S/C20H20BrN3O4/c1-22-20(27)13-10-19(26)24(11-13)16-6-8-17(9-7-16)28-12-18(25)23-15-4-2-14(21)3-5-15/h2-9,13H,10-12H2,1H3,(H,22,27)(H,23,25)/t13-/m1/s1. The number of carbonyl (C=O) groups is 3. The van der Waals surface area contributed by atoms with Gasteiger partial charge in [0.05, 0.1) is 5.92 Å². The lowest BCUT2D eigenvalue weighted by Crippen LogP contribution is -2.30. The fraction of sp³-hybridized carbons (Fsp3) is 0.250. The van der Waals surface area contributed by atoms with E-state index in [4.69, 9.17) is 4.74 Å². The van der Waals surface area contributed by atoms with Crippen LogP contribution in [0.4, 0.5) is 11.4 Å². The molecule has 0 unspecified atom stereocenters. The number of amides is 3. The zero-order valence-electron chi connectivity index (χ0n) is 15.3. The highest BCUT2D eigenvalue weighted by Crippen LogP contribution is 2.27. The molecule has 1 heterocycles. The van der Waals surface area contributed by atoms with Gasteiger partial charge in [-0.15, -0.1) is 0 Å². The number of hydrogen-bond acceptors (Lipinski definition) is 4. The minimum absolute atomic E-state index is 0.0869. The predicted octanol–water partition coefficient (Wildman–Crippen LogP) is 2.57. The molecule has 28 heavy (non-hydrogen) atoms. The largest absolute Gasteiger partial charge is 0.484 e. The first-order valence-corrected chi connectivity index (χ1v) is 9.56. The van der Waals surface area contributed by atoms with Gasteiger partial charge < -0.3 is 20.3 Å². The third-order valence-electron chi connectivity index (χ3n) is 4.39. The third kappa shape index (κ3) is 4.89. The molecule has 1 aliphatic heterocycles. The summed E-state index contributed by atoms with van der Waals surface area (Å²) in [4.78, 5) is 37.5. The van der Waals surface area contributed by atoms with Crippen molar-refractivity contribution >= 4 is 45.0 Å². The van der Waals surface area contributed by atoms with Crippen molar-refractivity contribution in [3.63, 3.8) is 0 Å². The SMILES string of the molecule is CNC(=O)[C@@H]1CC(=O)N(c2ccc(OCC(=O)Nc3ccc(Br)cc3)cc2)C1. The molecule has 7 nitrogen and oxygen atoms in total. The van der Waals surface area contributed by atoms with Gasteiger partial charge in [-0.2, -0.15) is 0 Å². The molecule has 0 aromatic heterocycles. The summed E-state index contributed by atoms with van der Waals surface area (Å²) in [6, 6.07) is 14.1. The molecular formula is C20H20BrN3O4. The van der Waals surface area contributed by atoms with E-state index in [9.17, 15) is 14.4 Å². The van der Waals surface area contributed by atoms with Crippen LogP contribution < -0.4 is 20.3 Å². The van der Waals surface area contributed by atoms with Gasteiger partial charge in [-0.05, 0) is 48.5 Å². The van der Waals surface area contributed by atoms with Crippen molar-refractivity contribution in [1.82, 2.24) is 5.32 Å². The molecule has 0 bridgehead atoms. The zero-order valence-corrected chi connectivity index (χ0v) is 16.9. The van der Waals surface area contributed by atoms with Crippen LogP contribution in [0.5, 0.6) is 5.75 Å². The Morgan fingerprint density at radius 1 is 1.14 bits per heavy atom. The van der Waals surface area contributed by atoms with E-state index >= 15 is 0 Å². The molecule has 2 aromatic carbocycles. The molecular weight excluding hydrogens is 426 g/mol. The fourth-order valence-corrected chi connectivity index (χ4v) is 3.20. The van der Waals surface area contributed by atoms with Crippen LogP contribution in [0.2, 0.25) is 0 Å². The summed E-state index contributed by atoms with van der Waals surface area (Å²) in [7, 11) is 1.56. The monoisotopic (exact) mass is 445 g/mol. The number of anilines is 2. The zero-order chi connectivity index (χ0) is 20.1. The van der Waals surface area contributed by atoms with Crippen LogP contribution in [0.1, 0.15) is 6.42 Å². The molecule has 1 aliphatic rings. The van der Waals surface area contributed by atoms with Crippen LogP contribution in [0.15, 0.2) is 53.0 Å². The van der Waals surface area contributed by atoms with E-state index in [1.807, 2.05) is 12.1 Å². The van der Waals surface area contributed by atoms with Crippen LogP contribution in [0.25, 0.3) is 0 Å². The Morgan fingerprint density at radius 3 is 2.46 bits per heavy atom. The molecule has 1 fully saturated rings. The van der Waals surface area contributed by atoms with Gasteiger partial charge in [0.2, 0.25) is 11.8 Å². The van der Waals surface area contributed by atoms with E-state index in [0.29, 0.717) is 23.7 Å². The minimum atomic E-state index is -0.337. The first kappa shape index (κ1) is 19.9. The molecule has 3 rings (SSSR count). The highest BCUT2D eigenvalue weighted by Gasteiger charge is 2.34. The van der Waals surface area contributed by atoms with Gasteiger partial charge in [-0.3, -0.25) is 14.4 Å². The van der Waals surface area contributed by atoms with Crippen LogP contribution in [0.3, 0.4) is 0 Å². The van der Waals surface area contributed by atoms with Crippen molar-refractivity contribution in [2.75, 3.05) is 30.4 Å². The number of ether oxygens (including phenoxy) is 1. The molecule has 2 N–H and O–H groups in total. The first-order chi connectivity index (χ1) is 13.5. The van der Waals surface area contributed by atoms with E-state index in [1.165, 1.54) is 0 Å². The number of benzene rings is 2. The van der Waals surface area contributed by atoms with E-state index < -0.39 is 0 Å². The van der Waals surface area contributed by atoms with Crippen molar-refractivity contribution in [3.05, 3.63) is 53.0 Å². The van der Waals surface area contributed by atoms with Crippen LogP contribution in [-0.4, -0.2) is 37.9 Å². The summed E-state index contributed by atoms with van der Waals surface area (Å²) in [5.41, 5.74) is 1.38. The number of hydrogen-bond donors (Lipinski definition) is 2. The molecule has 3 amide bonds. The van der Waals surface area contributed by atoms with Crippen LogP contribution in [-0.2, 0) is 14.4 Å². The van der Waals surface area contributed by atoms with Gasteiger partial charge in [0.15, 0.2) is 6.61 Å². The van der Waals surface area contributed by atoms with Crippen LogP contribution >= 0.6 is 15.9 Å². The minimum Gasteiger partial charge on any atom is -0.484 e. The lowest BCUT2D eigenvalue weighted by Gasteiger charge is -2.17. The Bertz CT molecular complexity index is 868. The molecule has 0 radical (unpaired) electrons. The molecule has 0 aliphatic carbocycles. The summed E-state index contributed by atoms with van der Waals surface area (Å²) in [5, 5.41) is 5.32. The maximum atomic E-state index is 12.2. The van der Waals surface area contributed by atoms with Gasteiger partial charge in [-0.25, -0.2) is 0 Å². The van der Waals surface area contributed by atoms with Gasteiger partial charge in [-0.1, -0.05) is 15.9 Å². The van der Waals surface area contributed by atoms with E-state index in [0.717, 1.165) is 4.47 Å². The van der Waals surface area contributed by atoms with E-state index in [2.05, 4.69) is 26.6 Å². The van der Waals surface area contributed by atoms with Gasteiger partial charge in [0.25, 0.3) is 5.91 Å². The van der Waals surface area contributed by atoms with Gasteiger partial charge in [0, 0.05) is 35.9 Å². The second-order valence-corrected chi connectivity index (χ2v) is 7.27. The Kier molecular flexibility index (Phi) is 6.30. The topological polar surface area (TPSA) is 87.7 Å². The number of nitrogens with zero attached hydrogens (tertiary/aromatic N) is 1. The van der Waals surface area contributed by atoms with E-state index in [-0.39, 0.29) is 36.7 Å². The smallest absolute Gasteiger partial charge is 0.262 e. The molecule has 0 saturated carbocycles. The average Bonchev–Trinajstić information content (AvgIpc) is 3.09. The average molecular weight is 446 g/mol. The second-order valence-electron chi connectivity index (χ2n) is 6.36. The maximum absolute atomic E-state index is 12.2. The number of carbonyl (C=O) groups excluding carboxylic acids is 3. The summed E-state index contributed by atoms with van der Waals surface area (Å²) in [5.74, 6) is -0.307. The summed E-state index contributed by atoms with van der Waals surface area (Å²) in [6.45, 7) is 0.227. The highest BCUT2D eigenvalue weighted by atomic mass is 79.9. The predicted molar refractivity (Wildman–Crippen MR) is 109 cm³/mol. The van der Waals surface area contributed by atoms with Crippen molar-refractivity contribution in [1.29, 1.82) is 0 Å².